The van der Waals surface area contributed by atoms with Crippen LogP contribution in [-0.2, 0) is 0 Å². The van der Waals surface area contributed by atoms with Crippen molar-refractivity contribution in [2.75, 3.05) is 0 Å². The second-order valence-electron chi connectivity index (χ2n) is 2.95. The van der Waals surface area contributed by atoms with Crippen molar-refractivity contribution < 1.29 is 4.79 Å². The van der Waals surface area contributed by atoms with Gasteiger partial charge in [-0.05, 0) is 6.07 Å². The summed E-state index contributed by atoms with van der Waals surface area (Å²) in [7, 11) is 0. The molecular formula is C9H5Cl3N2O. The van der Waals surface area contributed by atoms with Gasteiger partial charge >= 0.3 is 0 Å². The number of halogens is 3. The maximum absolute atomic E-state index is 11.7. The zero-order chi connectivity index (χ0) is 11.1. The van der Waals surface area contributed by atoms with Crippen LogP contribution in [0.15, 0.2) is 24.7 Å². The van der Waals surface area contributed by atoms with Gasteiger partial charge in [-0.1, -0.05) is 34.8 Å². The van der Waals surface area contributed by atoms with E-state index >= 15 is 0 Å². The lowest BCUT2D eigenvalue weighted by molar-refractivity contribution is 0.0998. The van der Waals surface area contributed by atoms with Gasteiger partial charge in [-0.3, -0.25) is 9.78 Å². The van der Waals surface area contributed by atoms with Crippen LogP contribution in [0.2, 0.25) is 0 Å². The number of carbonyl (C=O) groups excluding carboxylic acids is 1. The second kappa shape index (κ2) is 3.67. The minimum absolute atomic E-state index is 0.354. The summed E-state index contributed by atoms with van der Waals surface area (Å²) >= 11 is 16.6. The molecule has 2 rings (SSSR count). The van der Waals surface area contributed by atoms with Crippen molar-refractivity contribution in [1.82, 2.24) is 9.97 Å². The molecule has 6 heteroatoms. The molecule has 2 heterocycles. The summed E-state index contributed by atoms with van der Waals surface area (Å²) in [5.41, 5.74) is 1.09. The molecule has 0 saturated carbocycles. The number of aromatic nitrogens is 2. The standard InChI is InChI=1S/C9H5Cl3N2O/c10-9(11,12)8(15)6-3-14-7-4-13-2-1-5(6)7/h1-4,14H. The van der Waals surface area contributed by atoms with Crippen molar-refractivity contribution in [2.24, 2.45) is 0 Å². The number of H-pyrrole nitrogens is 1. The Bertz CT molecular complexity index is 515. The lowest BCUT2D eigenvalue weighted by Gasteiger charge is -2.07. The van der Waals surface area contributed by atoms with E-state index in [9.17, 15) is 4.79 Å². The van der Waals surface area contributed by atoms with E-state index in [1.165, 1.54) is 6.20 Å². The van der Waals surface area contributed by atoms with Crippen molar-refractivity contribution in [3.63, 3.8) is 0 Å². The molecule has 0 radical (unpaired) electrons. The number of alkyl halides is 3. The van der Waals surface area contributed by atoms with Crippen LogP contribution in [0.4, 0.5) is 0 Å². The first-order chi connectivity index (χ1) is 7.00. The van der Waals surface area contributed by atoms with E-state index in [1.807, 2.05) is 0 Å². The SMILES string of the molecule is O=C(c1c[nH]c2cnccc12)C(Cl)(Cl)Cl. The zero-order valence-corrected chi connectivity index (χ0v) is 9.57. The highest BCUT2D eigenvalue weighted by molar-refractivity contribution is 6.77. The Kier molecular flexibility index (Phi) is 2.63. The van der Waals surface area contributed by atoms with Crippen LogP contribution in [0.3, 0.4) is 0 Å². The molecule has 1 N–H and O–H groups in total. The van der Waals surface area contributed by atoms with Crippen molar-refractivity contribution in [3.05, 3.63) is 30.2 Å². The molecule has 78 valence electrons. The van der Waals surface area contributed by atoms with Crippen LogP contribution in [-0.4, -0.2) is 19.5 Å². The summed E-state index contributed by atoms with van der Waals surface area (Å²) in [6, 6.07) is 1.69. The molecule has 0 aliphatic heterocycles. The number of fused-ring (bicyclic) bond motifs is 1. The van der Waals surface area contributed by atoms with Crippen molar-refractivity contribution in [2.45, 2.75) is 3.79 Å². The number of nitrogens with zero attached hydrogens (tertiary/aromatic N) is 1. The van der Waals surface area contributed by atoms with Crippen LogP contribution in [0.25, 0.3) is 10.9 Å². The van der Waals surface area contributed by atoms with Crippen molar-refractivity contribution in [1.29, 1.82) is 0 Å². The molecule has 0 unspecified atom stereocenters. The Labute approximate surface area is 100 Å². The third kappa shape index (κ3) is 1.95. The van der Waals surface area contributed by atoms with E-state index in [-0.39, 0.29) is 0 Å². The van der Waals surface area contributed by atoms with Crippen LogP contribution < -0.4 is 0 Å². The fourth-order valence-corrected chi connectivity index (χ4v) is 1.62. The van der Waals surface area contributed by atoms with Crippen LogP contribution in [0.5, 0.6) is 0 Å². The molecule has 0 fully saturated rings. The molecule has 0 bridgehead atoms. The van der Waals surface area contributed by atoms with Gasteiger partial charge in [0.2, 0.25) is 5.78 Å². The lowest BCUT2D eigenvalue weighted by Crippen LogP contribution is -2.18. The Morgan fingerprint density at radius 1 is 1.40 bits per heavy atom. The minimum Gasteiger partial charge on any atom is -0.359 e. The van der Waals surface area contributed by atoms with Gasteiger partial charge in [0.05, 0.1) is 11.7 Å². The van der Waals surface area contributed by atoms with Crippen LogP contribution in [0, 0.1) is 0 Å². The maximum atomic E-state index is 11.7. The molecule has 15 heavy (non-hydrogen) atoms. The molecule has 0 amide bonds. The third-order valence-electron chi connectivity index (χ3n) is 1.99. The number of nitrogens with one attached hydrogen (secondary N) is 1. The first-order valence-electron chi connectivity index (χ1n) is 4.03. The van der Waals surface area contributed by atoms with Crippen molar-refractivity contribution in [3.8, 4) is 0 Å². The van der Waals surface area contributed by atoms with Gasteiger partial charge in [-0.2, -0.15) is 0 Å². The Morgan fingerprint density at radius 2 is 2.13 bits per heavy atom. The number of hydrogen-bond acceptors (Lipinski definition) is 2. The zero-order valence-electron chi connectivity index (χ0n) is 7.30. The molecule has 3 nitrogen and oxygen atoms in total. The summed E-state index contributed by atoms with van der Waals surface area (Å²) < 4.78 is -1.93. The number of aromatic amines is 1. The normalized spacial score (nSPS) is 11.9. The number of hydrogen-bond donors (Lipinski definition) is 1. The molecule has 2 aromatic rings. The number of pyridine rings is 1. The van der Waals surface area contributed by atoms with Gasteiger partial charge in [-0.25, -0.2) is 0 Å². The van der Waals surface area contributed by atoms with Gasteiger partial charge in [0.1, 0.15) is 0 Å². The Morgan fingerprint density at radius 3 is 2.80 bits per heavy atom. The molecule has 0 saturated heterocycles. The number of rotatable bonds is 1. The van der Waals surface area contributed by atoms with Crippen molar-refractivity contribution >= 4 is 51.5 Å². The van der Waals surface area contributed by atoms with Gasteiger partial charge in [0, 0.05) is 23.3 Å². The summed E-state index contributed by atoms with van der Waals surface area (Å²) in [6.45, 7) is 0. The summed E-state index contributed by atoms with van der Waals surface area (Å²) in [4.78, 5) is 18.5. The average molecular weight is 264 g/mol. The van der Waals surface area contributed by atoms with Gasteiger partial charge in [0.15, 0.2) is 0 Å². The Hall–Kier alpha value is -0.770. The highest BCUT2D eigenvalue weighted by atomic mass is 35.6. The second-order valence-corrected chi connectivity index (χ2v) is 5.23. The smallest absolute Gasteiger partial charge is 0.253 e. The lowest BCUT2D eigenvalue weighted by atomic mass is 10.1. The molecular weight excluding hydrogens is 258 g/mol. The van der Waals surface area contributed by atoms with Crippen LogP contribution >= 0.6 is 34.8 Å². The first kappa shape index (κ1) is 10.7. The molecule has 0 spiro atoms. The largest absolute Gasteiger partial charge is 0.359 e. The third-order valence-corrected chi connectivity index (χ3v) is 2.50. The molecule has 0 aliphatic carbocycles. The van der Waals surface area contributed by atoms with E-state index in [0.717, 1.165) is 5.52 Å². The predicted octanol–water partition coefficient (Wildman–Crippen LogP) is 3.12. The fourth-order valence-electron chi connectivity index (χ4n) is 1.31. The van der Waals surface area contributed by atoms with Gasteiger partial charge in [-0.15, -0.1) is 0 Å². The van der Waals surface area contributed by atoms with E-state index in [4.69, 9.17) is 34.8 Å². The number of carbonyl (C=O) groups is 1. The minimum atomic E-state index is -1.93. The predicted molar refractivity (Wildman–Crippen MR) is 60.7 cm³/mol. The quantitative estimate of drug-likeness (QED) is 0.635. The summed E-state index contributed by atoms with van der Waals surface area (Å²) in [5.74, 6) is -0.551. The monoisotopic (exact) mass is 262 g/mol. The topological polar surface area (TPSA) is 45.8 Å². The molecule has 0 aliphatic rings. The molecule has 0 atom stereocenters. The highest BCUT2D eigenvalue weighted by Gasteiger charge is 2.33. The Balaban J connectivity index is 2.58. The molecule has 0 aromatic carbocycles. The van der Waals surface area contributed by atoms with Gasteiger partial charge < -0.3 is 4.98 Å². The summed E-state index contributed by atoms with van der Waals surface area (Å²) in [5, 5.41) is 0.696. The van der Waals surface area contributed by atoms with Crippen LogP contribution in [0.1, 0.15) is 10.4 Å². The van der Waals surface area contributed by atoms with E-state index in [1.54, 1.807) is 18.5 Å². The number of Topliss-reactive ketones (excluding diaryl/α,β-unsaturated/α-hetero) is 1. The summed E-state index contributed by atoms with van der Waals surface area (Å²) in [6.07, 6.45) is 4.69. The highest BCUT2D eigenvalue weighted by Crippen LogP contribution is 2.32. The average Bonchev–Trinajstić information content (AvgIpc) is 2.58. The van der Waals surface area contributed by atoms with E-state index in [0.29, 0.717) is 10.9 Å². The fraction of sp³-hybridized carbons (Fsp3) is 0.111. The maximum Gasteiger partial charge on any atom is 0.253 e. The first-order valence-corrected chi connectivity index (χ1v) is 5.16. The number of ketones is 1. The van der Waals surface area contributed by atoms with E-state index < -0.39 is 9.58 Å². The van der Waals surface area contributed by atoms with E-state index in [2.05, 4.69) is 9.97 Å². The molecule has 2 aromatic heterocycles. The van der Waals surface area contributed by atoms with Gasteiger partial charge in [0.25, 0.3) is 3.79 Å².